The zero-order valence-corrected chi connectivity index (χ0v) is 8.56. The van der Waals surface area contributed by atoms with E-state index in [-0.39, 0.29) is 12.1 Å². The van der Waals surface area contributed by atoms with Gasteiger partial charge in [0.15, 0.2) is 0 Å². The minimum absolute atomic E-state index is 0.0260. The lowest BCUT2D eigenvalue weighted by atomic mass is 10.4. The highest BCUT2D eigenvalue weighted by Crippen LogP contribution is 2.21. The Morgan fingerprint density at radius 1 is 1.57 bits per heavy atom. The van der Waals surface area contributed by atoms with E-state index < -0.39 is 0 Å². The summed E-state index contributed by atoms with van der Waals surface area (Å²) in [5.41, 5.74) is 6.12. The summed E-state index contributed by atoms with van der Waals surface area (Å²) in [4.78, 5) is 0. The molecule has 1 atom stereocenters. The predicted octanol–water partition coefficient (Wildman–Crippen LogP) is 1.34. The van der Waals surface area contributed by atoms with E-state index in [0.717, 1.165) is 0 Å². The van der Waals surface area contributed by atoms with Gasteiger partial charge in [-0.1, -0.05) is 0 Å². The van der Waals surface area contributed by atoms with Crippen molar-refractivity contribution in [2.24, 2.45) is 0 Å². The highest BCUT2D eigenvalue weighted by atomic mass is 16.5. The van der Waals surface area contributed by atoms with Gasteiger partial charge >= 0.3 is 0 Å². The maximum absolute atomic E-state index is 8.68. The Bertz CT molecular complexity index is 350. The maximum atomic E-state index is 8.68. The Morgan fingerprint density at radius 2 is 2.21 bits per heavy atom. The van der Waals surface area contributed by atoms with Crippen LogP contribution in [0, 0.1) is 11.3 Å². The largest absolute Gasteiger partial charge is 0.472 e. The van der Waals surface area contributed by atoms with Crippen molar-refractivity contribution in [2.75, 3.05) is 5.73 Å². The first-order valence-corrected chi connectivity index (χ1v) is 4.45. The van der Waals surface area contributed by atoms with Crippen molar-refractivity contribution >= 4 is 5.69 Å². The van der Waals surface area contributed by atoms with Gasteiger partial charge in [0, 0.05) is 0 Å². The van der Waals surface area contributed by atoms with Gasteiger partial charge in [0.25, 0.3) is 5.88 Å². The van der Waals surface area contributed by atoms with Gasteiger partial charge in [0.05, 0.1) is 18.4 Å². The molecule has 0 fully saturated rings. The number of hydrogen-bond acceptors (Lipinski definition) is 4. The predicted molar refractivity (Wildman–Crippen MR) is 52.7 cm³/mol. The van der Waals surface area contributed by atoms with Crippen molar-refractivity contribution in [1.29, 1.82) is 5.26 Å². The molecule has 0 aliphatic heterocycles. The molecule has 0 unspecified atom stereocenters. The highest BCUT2D eigenvalue weighted by Gasteiger charge is 2.11. The molecule has 2 N–H and O–H groups in total. The van der Waals surface area contributed by atoms with Crippen molar-refractivity contribution < 1.29 is 4.74 Å². The average molecular weight is 194 g/mol. The Hall–Kier alpha value is -1.70. The lowest BCUT2D eigenvalue weighted by Crippen LogP contribution is -2.08. The third-order valence-electron chi connectivity index (χ3n) is 1.66. The van der Waals surface area contributed by atoms with E-state index >= 15 is 0 Å². The summed E-state index contributed by atoms with van der Waals surface area (Å²) in [6, 6.07) is 1.73. The maximum Gasteiger partial charge on any atom is 0.256 e. The molecule has 0 bridgehead atoms. The molecule has 5 nitrogen and oxygen atoms in total. The minimum atomic E-state index is -0.332. The van der Waals surface area contributed by atoms with Gasteiger partial charge < -0.3 is 10.5 Å². The van der Waals surface area contributed by atoms with E-state index in [4.69, 9.17) is 15.7 Å². The molecule has 0 radical (unpaired) electrons. The van der Waals surface area contributed by atoms with Crippen LogP contribution in [0.15, 0.2) is 6.20 Å². The second-order valence-electron chi connectivity index (χ2n) is 3.34. The summed E-state index contributed by atoms with van der Waals surface area (Å²) in [7, 11) is 0. The molecule has 1 aromatic rings. The van der Waals surface area contributed by atoms with Gasteiger partial charge in [-0.15, -0.1) is 5.10 Å². The zero-order chi connectivity index (χ0) is 10.7. The van der Waals surface area contributed by atoms with Crippen LogP contribution in [0.25, 0.3) is 0 Å². The molecule has 0 aliphatic rings. The third-order valence-corrected chi connectivity index (χ3v) is 1.66. The number of nitriles is 1. The number of aromatic nitrogens is 2. The standard InChI is InChI=1S/C9H14N4O/c1-6(2)14-9-8(11)5-13(12-9)7(3)4-10/h5-7H,11H2,1-3H3/t7-/m1/s1. The SMILES string of the molecule is CC(C)Oc1nn([C@H](C)C#N)cc1N. The molecule has 0 saturated carbocycles. The van der Waals surface area contributed by atoms with Crippen molar-refractivity contribution in [1.82, 2.24) is 9.78 Å². The number of nitrogens with two attached hydrogens (primary N) is 1. The Kier molecular flexibility index (Phi) is 2.97. The molecule has 5 heteroatoms. The van der Waals surface area contributed by atoms with Crippen LogP contribution >= 0.6 is 0 Å². The normalized spacial score (nSPS) is 12.5. The number of nitrogens with zero attached hydrogens (tertiary/aromatic N) is 3. The van der Waals surface area contributed by atoms with Gasteiger partial charge in [0.2, 0.25) is 0 Å². The van der Waals surface area contributed by atoms with E-state index in [9.17, 15) is 0 Å². The van der Waals surface area contributed by atoms with Gasteiger partial charge in [-0.05, 0) is 20.8 Å². The molecule has 1 aromatic heterocycles. The van der Waals surface area contributed by atoms with E-state index in [1.54, 1.807) is 13.1 Å². The fraction of sp³-hybridized carbons (Fsp3) is 0.556. The van der Waals surface area contributed by atoms with Crippen LogP contribution in [0.4, 0.5) is 5.69 Å². The summed E-state index contributed by atoms with van der Waals surface area (Å²) in [6.45, 7) is 5.53. The monoisotopic (exact) mass is 194 g/mol. The van der Waals surface area contributed by atoms with Crippen LogP contribution in [0.1, 0.15) is 26.8 Å². The minimum Gasteiger partial charge on any atom is -0.472 e. The van der Waals surface area contributed by atoms with E-state index in [0.29, 0.717) is 11.6 Å². The molecule has 76 valence electrons. The van der Waals surface area contributed by atoms with Crippen molar-refractivity contribution in [3.8, 4) is 11.9 Å². The molecular weight excluding hydrogens is 180 g/mol. The third kappa shape index (κ3) is 2.16. The number of rotatable bonds is 3. The smallest absolute Gasteiger partial charge is 0.256 e. The number of nitrogen functional groups attached to an aromatic ring is 1. The van der Waals surface area contributed by atoms with Crippen molar-refractivity contribution in [3.05, 3.63) is 6.20 Å². The first-order valence-electron chi connectivity index (χ1n) is 4.45. The second-order valence-corrected chi connectivity index (χ2v) is 3.34. The molecule has 1 rings (SSSR count). The van der Waals surface area contributed by atoms with Gasteiger partial charge in [-0.25, -0.2) is 4.68 Å². The lowest BCUT2D eigenvalue weighted by Gasteiger charge is -2.06. The first-order chi connectivity index (χ1) is 6.54. The topological polar surface area (TPSA) is 76.9 Å². The fourth-order valence-electron chi connectivity index (χ4n) is 0.962. The van der Waals surface area contributed by atoms with E-state index in [1.807, 2.05) is 13.8 Å². The molecule has 0 saturated heterocycles. The van der Waals surface area contributed by atoms with E-state index in [1.165, 1.54) is 4.68 Å². The van der Waals surface area contributed by atoms with Gasteiger partial charge in [0.1, 0.15) is 11.7 Å². The molecule has 0 aromatic carbocycles. The average Bonchev–Trinajstić information content (AvgIpc) is 2.46. The second kappa shape index (κ2) is 4.01. The van der Waals surface area contributed by atoms with Crippen LogP contribution in [-0.4, -0.2) is 15.9 Å². The first kappa shape index (κ1) is 10.4. The Labute approximate surface area is 83.1 Å². The van der Waals surface area contributed by atoms with Crippen LogP contribution in [0.2, 0.25) is 0 Å². The van der Waals surface area contributed by atoms with Crippen molar-refractivity contribution in [3.63, 3.8) is 0 Å². The summed E-state index contributed by atoms with van der Waals surface area (Å²) in [5.74, 6) is 0.391. The molecular formula is C9H14N4O. The van der Waals surface area contributed by atoms with E-state index in [2.05, 4.69) is 11.2 Å². The van der Waals surface area contributed by atoms with Crippen LogP contribution in [0.5, 0.6) is 5.88 Å². The summed E-state index contributed by atoms with van der Waals surface area (Å²) in [6.07, 6.45) is 1.63. The molecule has 1 heterocycles. The highest BCUT2D eigenvalue weighted by molar-refractivity contribution is 5.46. The molecule has 0 spiro atoms. The van der Waals surface area contributed by atoms with Crippen molar-refractivity contribution in [2.45, 2.75) is 32.9 Å². The number of ether oxygens (including phenoxy) is 1. The quantitative estimate of drug-likeness (QED) is 0.787. The Balaban J connectivity index is 2.88. The summed E-state index contributed by atoms with van der Waals surface area (Å²) < 4.78 is 6.85. The summed E-state index contributed by atoms with van der Waals surface area (Å²) >= 11 is 0. The lowest BCUT2D eigenvalue weighted by molar-refractivity contribution is 0.231. The number of hydrogen-bond donors (Lipinski definition) is 1. The molecule has 0 amide bonds. The number of anilines is 1. The molecule has 14 heavy (non-hydrogen) atoms. The van der Waals surface area contributed by atoms with Crippen LogP contribution in [-0.2, 0) is 0 Å². The molecule has 0 aliphatic carbocycles. The fourth-order valence-corrected chi connectivity index (χ4v) is 0.962. The van der Waals surface area contributed by atoms with Crippen LogP contribution < -0.4 is 10.5 Å². The van der Waals surface area contributed by atoms with Gasteiger partial charge in [-0.3, -0.25) is 0 Å². The zero-order valence-electron chi connectivity index (χ0n) is 8.56. The summed E-state index contributed by atoms with van der Waals surface area (Å²) in [5, 5.41) is 12.7. The Morgan fingerprint density at radius 3 is 2.71 bits per heavy atom. The van der Waals surface area contributed by atoms with Crippen LogP contribution in [0.3, 0.4) is 0 Å². The van der Waals surface area contributed by atoms with Gasteiger partial charge in [-0.2, -0.15) is 5.26 Å².